The number of anilines is 3. The number of nitrogens with zero attached hydrogens (tertiary/aromatic N) is 5. The van der Waals surface area contributed by atoms with E-state index in [4.69, 9.17) is 15.6 Å². The molecule has 0 radical (unpaired) electrons. The molecule has 0 saturated heterocycles. The van der Waals surface area contributed by atoms with Crippen molar-refractivity contribution in [3.05, 3.63) is 42.1 Å². The lowest BCUT2D eigenvalue weighted by Crippen LogP contribution is -2.46. The van der Waals surface area contributed by atoms with E-state index < -0.39 is 29.9 Å². The molecule has 0 aromatic carbocycles. The predicted octanol–water partition coefficient (Wildman–Crippen LogP) is 1.89. The third-order valence-electron chi connectivity index (χ3n) is 5.52. The van der Waals surface area contributed by atoms with Gasteiger partial charge in [-0.25, -0.2) is 23.8 Å². The Morgan fingerprint density at radius 3 is 2.69 bits per heavy atom. The van der Waals surface area contributed by atoms with E-state index in [-0.39, 0.29) is 29.0 Å². The zero-order valence-corrected chi connectivity index (χ0v) is 18.9. The molecule has 3 aromatic heterocycles. The van der Waals surface area contributed by atoms with E-state index in [0.717, 1.165) is 18.9 Å². The second-order valence-corrected chi connectivity index (χ2v) is 8.05. The fraction of sp³-hybridized carbons (Fsp3) is 0.333. The van der Waals surface area contributed by atoms with Gasteiger partial charge in [0.05, 0.1) is 43.0 Å². The second-order valence-electron chi connectivity index (χ2n) is 8.05. The van der Waals surface area contributed by atoms with Crippen molar-refractivity contribution in [2.24, 2.45) is 11.7 Å². The topological polar surface area (TPSA) is 182 Å². The molecule has 0 aliphatic heterocycles. The number of nitrogens with two attached hydrogens (primary N) is 1. The van der Waals surface area contributed by atoms with Gasteiger partial charge in [0.25, 0.3) is 5.91 Å². The first-order valence-electron chi connectivity index (χ1n) is 10.7. The van der Waals surface area contributed by atoms with Gasteiger partial charge in [-0.05, 0) is 37.8 Å². The molecule has 14 heteroatoms. The van der Waals surface area contributed by atoms with Crippen molar-refractivity contribution in [1.82, 2.24) is 30.3 Å². The molecule has 0 unspecified atom stereocenters. The zero-order chi connectivity index (χ0) is 25.1. The number of rotatable bonds is 10. The number of carboxylic acid groups (broad SMARTS) is 1. The normalized spacial score (nSPS) is 14.6. The minimum atomic E-state index is -1.16. The summed E-state index contributed by atoms with van der Waals surface area (Å²) in [5, 5.41) is 25.2. The van der Waals surface area contributed by atoms with Gasteiger partial charge in [-0.1, -0.05) is 5.21 Å². The molecular weight excluding hydrogens is 461 g/mol. The van der Waals surface area contributed by atoms with E-state index >= 15 is 0 Å². The van der Waals surface area contributed by atoms with E-state index in [1.165, 1.54) is 24.2 Å². The summed E-state index contributed by atoms with van der Waals surface area (Å²) in [6, 6.07) is 1.69. The van der Waals surface area contributed by atoms with Gasteiger partial charge in [0.15, 0.2) is 11.6 Å². The Labute approximate surface area is 198 Å². The number of primary amides is 1. The van der Waals surface area contributed by atoms with Crippen LogP contribution in [0.15, 0.2) is 30.7 Å². The van der Waals surface area contributed by atoms with Crippen LogP contribution in [0.25, 0.3) is 5.69 Å². The fourth-order valence-electron chi connectivity index (χ4n) is 3.73. The van der Waals surface area contributed by atoms with E-state index in [0.29, 0.717) is 11.4 Å². The lowest BCUT2D eigenvalue weighted by Gasteiger charge is -2.25. The van der Waals surface area contributed by atoms with Crippen LogP contribution in [0.1, 0.15) is 30.1 Å². The number of amides is 2. The van der Waals surface area contributed by atoms with Crippen molar-refractivity contribution >= 4 is 29.3 Å². The minimum Gasteiger partial charge on any atom is -0.479 e. The Hall–Kier alpha value is -4.49. The molecule has 1 saturated carbocycles. The van der Waals surface area contributed by atoms with Crippen LogP contribution >= 0.6 is 0 Å². The van der Waals surface area contributed by atoms with Gasteiger partial charge >= 0.3 is 6.09 Å². The molecule has 2 atom stereocenters. The van der Waals surface area contributed by atoms with Gasteiger partial charge in [-0.15, -0.1) is 5.10 Å². The minimum absolute atomic E-state index is 0.0146. The van der Waals surface area contributed by atoms with Crippen LogP contribution in [-0.2, 0) is 0 Å². The quantitative estimate of drug-likeness (QED) is 0.284. The van der Waals surface area contributed by atoms with E-state index in [1.807, 2.05) is 0 Å². The molecule has 1 fully saturated rings. The van der Waals surface area contributed by atoms with Gasteiger partial charge in [0, 0.05) is 6.04 Å². The number of ether oxygens (including phenoxy) is 1. The molecule has 1 aliphatic carbocycles. The number of carbonyl (C=O) groups excluding carboxylic acids is 1. The first-order chi connectivity index (χ1) is 16.8. The highest BCUT2D eigenvalue weighted by molar-refractivity contribution is 5.98. The Morgan fingerprint density at radius 1 is 1.31 bits per heavy atom. The summed E-state index contributed by atoms with van der Waals surface area (Å²) in [7, 11) is 1.45. The number of nitrogens with one attached hydrogen (secondary N) is 3. The maximum absolute atomic E-state index is 14.8. The number of hydrogen-bond acceptors (Lipinski definition) is 9. The highest BCUT2D eigenvalue weighted by Gasteiger charge is 2.36. The van der Waals surface area contributed by atoms with Crippen molar-refractivity contribution in [2.75, 3.05) is 17.7 Å². The maximum atomic E-state index is 14.8. The summed E-state index contributed by atoms with van der Waals surface area (Å²) < 4.78 is 21.5. The third-order valence-corrected chi connectivity index (χ3v) is 5.52. The summed E-state index contributed by atoms with van der Waals surface area (Å²) in [6.45, 7) is 1.73. The highest BCUT2D eigenvalue weighted by atomic mass is 19.1. The Bertz CT molecular complexity index is 1230. The van der Waals surface area contributed by atoms with Crippen LogP contribution in [0.3, 0.4) is 0 Å². The molecule has 0 bridgehead atoms. The lowest BCUT2D eigenvalue weighted by atomic mass is 10.1. The summed E-state index contributed by atoms with van der Waals surface area (Å²) in [6.07, 6.45) is 5.10. The molecular formula is C21H24FN9O4. The van der Waals surface area contributed by atoms with Crippen molar-refractivity contribution in [2.45, 2.75) is 31.8 Å². The largest absolute Gasteiger partial charge is 0.479 e. The highest BCUT2D eigenvalue weighted by Crippen LogP contribution is 2.35. The monoisotopic (exact) mass is 485 g/mol. The first kappa shape index (κ1) is 23.7. The van der Waals surface area contributed by atoms with Crippen LogP contribution in [0.2, 0.25) is 0 Å². The van der Waals surface area contributed by atoms with Crippen molar-refractivity contribution in [3.63, 3.8) is 0 Å². The number of methoxy groups -OCH3 is 1. The SMILES string of the molecule is COc1ncc(Nc2nc(N[C@H](C)[C@@H](NC(=O)O)C3CC3)c(F)cc2C(N)=O)cc1-n1ccnn1. The number of pyridine rings is 2. The van der Waals surface area contributed by atoms with E-state index in [1.54, 1.807) is 19.2 Å². The molecule has 4 rings (SSSR count). The molecule has 3 aromatic rings. The van der Waals surface area contributed by atoms with Gasteiger partial charge < -0.3 is 31.5 Å². The standard InChI is InChI=1S/C21H24FN9O4/c1-10(16(11-3-4-11)28-21(33)34)26-19-14(22)8-13(17(23)32)18(29-19)27-12-7-15(20(35-2)24-9-12)31-6-5-25-30-31/h5-11,16,28H,3-4H2,1-2H3,(H2,23,32)(H,33,34)(H2,26,27,29)/t10-,16-/m1/s1. The van der Waals surface area contributed by atoms with Crippen molar-refractivity contribution in [3.8, 4) is 11.6 Å². The van der Waals surface area contributed by atoms with Gasteiger partial charge in [-0.2, -0.15) is 0 Å². The number of aromatic nitrogens is 5. The van der Waals surface area contributed by atoms with Crippen molar-refractivity contribution in [1.29, 1.82) is 0 Å². The van der Waals surface area contributed by atoms with E-state index in [9.17, 15) is 14.0 Å². The lowest BCUT2D eigenvalue weighted by molar-refractivity contribution is 0.100. The third kappa shape index (κ3) is 5.37. The molecule has 2 amide bonds. The van der Waals surface area contributed by atoms with Crippen LogP contribution in [-0.4, -0.2) is 61.3 Å². The fourth-order valence-corrected chi connectivity index (χ4v) is 3.73. The number of carbonyl (C=O) groups is 2. The average molecular weight is 485 g/mol. The van der Waals surface area contributed by atoms with Gasteiger partial charge in [0.2, 0.25) is 5.88 Å². The van der Waals surface area contributed by atoms with Gasteiger partial charge in [0.1, 0.15) is 11.5 Å². The number of halogens is 1. The molecule has 35 heavy (non-hydrogen) atoms. The molecule has 13 nitrogen and oxygen atoms in total. The Kier molecular flexibility index (Phi) is 6.62. The molecule has 0 spiro atoms. The number of hydrogen-bond donors (Lipinski definition) is 5. The van der Waals surface area contributed by atoms with Crippen LogP contribution in [0.4, 0.5) is 26.5 Å². The first-order valence-corrected chi connectivity index (χ1v) is 10.7. The molecule has 6 N–H and O–H groups in total. The smallest absolute Gasteiger partial charge is 0.404 e. The molecule has 1 aliphatic rings. The Balaban J connectivity index is 1.65. The summed E-state index contributed by atoms with van der Waals surface area (Å²) in [5.41, 5.74) is 6.12. The van der Waals surface area contributed by atoms with Crippen molar-refractivity contribution < 1.29 is 23.8 Å². The average Bonchev–Trinajstić information content (AvgIpc) is 3.51. The molecule has 3 heterocycles. The van der Waals surface area contributed by atoms with E-state index in [2.05, 4.69) is 36.2 Å². The molecule has 184 valence electrons. The maximum Gasteiger partial charge on any atom is 0.404 e. The predicted molar refractivity (Wildman–Crippen MR) is 122 cm³/mol. The van der Waals surface area contributed by atoms with Crippen LogP contribution in [0, 0.1) is 11.7 Å². The van der Waals surface area contributed by atoms with Crippen LogP contribution < -0.4 is 26.4 Å². The Morgan fingerprint density at radius 2 is 2.09 bits per heavy atom. The zero-order valence-electron chi connectivity index (χ0n) is 18.9. The summed E-state index contributed by atoms with van der Waals surface area (Å²) >= 11 is 0. The second kappa shape index (κ2) is 9.79. The van der Waals surface area contributed by atoms with Gasteiger partial charge in [-0.3, -0.25) is 4.79 Å². The summed E-state index contributed by atoms with van der Waals surface area (Å²) in [4.78, 5) is 31.6. The van der Waals surface area contributed by atoms with Crippen LogP contribution in [0.5, 0.6) is 5.88 Å². The summed E-state index contributed by atoms with van der Waals surface area (Å²) in [5.74, 6) is -1.45.